The molecule has 2 fully saturated rings. The topological polar surface area (TPSA) is 86.7 Å². The molecule has 0 radical (unpaired) electrons. The minimum atomic E-state index is -0.589. The number of allylic oxidation sites excluding steroid dienone is 18. The fraction of sp³-hybridized carbons (Fsp3) is 0.500. The van der Waals surface area contributed by atoms with Crippen molar-refractivity contribution >= 4 is 23.5 Å². The number of hydrogen-bond donors (Lipinski definition) is 0. The van der Waals surface area contributed by atoms with Gasteiger partial charge in [-0.3, -0.25) is 19.2 Å². The number of ether oxygens (including phenoxy) is 2. The van der Waals surface area contributed by atoms with Crippen molar-refractivity contribution in [2.24, 2.45) is 21.7 Å². The lowest BCUT2D eigenvalue weighted by Crippen LogP contribution is -2.36. The molecule has 0 unspecified atom stereocenters. The maximum absolute atomic E-state index is 13.2. The zero-order valence-electron chi connectivity index (χ0n) is 32.5. The van der Waals surface area contributed by atoms with Crippen LogP contribution in [0.25, 0.3) is 0 Å². The van der Waals surface area contributed by atoms with Crippen molar-refractivity contribution < 1.29 is 28.7 Å². The number of ketones is 2. The molecule has 0 bridgehead atoms. The molecular formula is C44H60O6. The third-order valence-corrected chi connectivity index (χ3v) is 10.7. The quantitative estimate of drug-likeness (QED) is 0.103. The van der Waals surface area contributed by atoms with E-state index in [1.54, 1.807) is 12.2 Å². The Morgan fingerprint density at radius 2 is 0.740 bits per heavy atom. The van der Waals surface area contributed by atoms with E-state index in [1.807, 2.05) is 114 Å². The molecule has 4 atom stereocenters. The Morgan fingerprint density at radius 1 is 0.440 bits per heavy atom. The Hall–Kier alpha value is -4.06. The molecule has 6 nitrogen and oxygen atoms in total. The molecule has 0 aromatic carbocycles. The highest BCUT2D eigenvalue weighted by Crippen LogP contribution is 2.55. The van der Waals surface area contributed by atoms with Crippen LogP contribution in [0.2, 0.25) is 0 Å². The highest BCUT2D eigenvalue weighted by Gasteiger charge is 2.55. The molecule has 0 heterocycles. The van der Waals surface area contributed by atoms with Gasteiger partial charge in [0.1, 0.15) is 12.2 Å². The van der Waals surface area contributed by atoms with E-state index in [9.17, 15) is 19.2 Å². The van der Waals surface area contributed by atoms with Gasteiger partial charge in [-0.2, -0.15) is 0 Å². The van der Waals surface area contributed by atoms with Crippen LogP contribution in [0.1, 0.15) is 109 Å². The second-order valence-corrected chi connectivity index (χ2v) is 15.9. The summed E-state index contributed by atoms with van der Waals surface area (Å²) in [5.74, 6) is -0.502. The molecule has 50 heavy (non-hydrogen) atoms. The van der Waals surface area contributed by atoms with Crippen LogP contribution in [-0.4, -0.2) is 35.7 Å². The molecule has 272 valence electrons. The molecule has 0 N–H and O–H groups in total. The van der Waals surface area contributed by atoms with E-state index in [4.69, 9.17) is 9.47 Å². The van der Waals surface area contributed by atoms with Crippen molar-refractivity contribution in [3.05, 3.63) is 107 Å². The first-order valence-corrected chi connectivity index (χ1v) is 17.6. The fourth-order valence-corrected chi connectivity index (χ4v) is 6.82. The van der Waals surface area contributed by atoms with Gasteiger partial charge in [0.2, 0.25) is 0 Å². The van der Waals surface area contributed by atoms with Crippen LogP contribution in [0.4, 0.5) is 0 Å². The second-order valence-electron chi connectivity index (χ2n) is 15.9. The third kappa shape index (κ3) is 11.8. The maximum Gasteiger partial charge on any atom is 0.302 e. The summed E-state index contributed by atoms with van der Waals surface area (Å²) in [6.07, 6.45) is 28.9. The van der Waals surface area contributed by atoms with Crippen LogP contribution in [-0.2, 0) is 28.7 Å². The number of hydrogen-bond acceptors (Lipinski definition) is 6. The zero-order valence-corrected chi connectivity index (χ0v) is 32.5. The molecule has 2 rings (SSSR count). The van der Waals surface area contributed by atoms with Crippen LogP contribution in [0.3, 0.4) is 0 Å². The van der Waals surface area contributed by atoms with E-state index in [-0.39, 0.29) is 46.5 Å². The average molecular weight is 685 g/mol. The molecule has 0 aliphatic heterocycles. The lowest BCUT2D eigenvalue weighted by Gasteiger charge is -2.35. The molecule has 0 aromatic rings. The van der Waals surface area contributed by atoms with Crippen LogP contribution < -0.4 is 0 Å². The van der Waals surface area contributed by atoms with Crippen LogP contribution in [0.15, 0.2) is 107 Å². The Kier molecular flexibility index (Phi) is 14.9. The lowest BCUT2D eigenvalue weighted by molar-refractivity contribution is -0.147. The van der Waals surface area contributed by atoms with Gasteiger partial charge in [-0.1, -0.05) is 137 Å². The zero-order chi connectivity index (χ0) is 37.9. The Morgan fingerprint density at radius 3 is 1.06 bits per heavy atom. The molecule has 0 saturated heterocycles. The molecule has 2 saturated carbocycles. The summed E-state index contributed by atoms with van der Waals surface area (Å²) in [6.45, 7) is 23.0. The molecule has 2 aliphatic carbocycles. The van der Waals surface area contributed by atoms with Gasteiger partial charge in [-0.25, -0.2) is 0 Å². The number of carbonyl (C=O) groups excluding carboxylic acids is 4. The monoisotopic (exact) mass is 684 g/mol. The Labute approximate surface area is 301 Å². The summed E-state index contributed by atoms with van der Waals surface area (Å²) < 4.78 is 10.9. The Balaban J connectivity index is 1.90. The van der Waals surface area contributed by atoms with Crippen LogP contribution in [0, 0.1) is 21.7 Å². The summed E-state index contributed by atoms with van der Waals surface area (Å²) >= 11 is 0. The predicted molar refractivity (Wildman–Crippen MR) is 204 cm³/mol. The van der Waals surface area contributed by atoms with Crippen molar-refractivity contribution in [2.45, 2.75) is 121 Å². The summed E-state index contributed by atoms with van der Waals surface area (Å²) in [5, 5.41) is 0. The van der Waals surface area contributed by atoms with Gasteiger partial charge in [0.25, 0.3) is 0 Å². The molecule has 2 aliphatic rings. The smallest absolute Gasteiger partial charge is 0.302 e. The first-order chi connectivity index (χ1) is 23.1. The SMILES string of the molecule is CC(=O)O[C@H]1CC(C)(C)[C@](C)(C(=O)/C=C/C(C)=C/C=C/C(C)=C/C=C/C=C(C)/C=C/C=C(C)/C=C/C(=O)[C@]2(C)C[C@@H](OC(C)=O)CC2(C)C)C1. The third-order valence-electron chi connectivity index (χ3n) is 10.7. The maximum atomic E-state index is 13.2. The van der Waals surface area contributed by atoms with Gasteiger partial charge >= 0.3 is 11.9 Å². The van der Waals surface area contributed by atoms with Gasteiger partial charge in [0, 0.05) is 24.7 Å². The lowest BCUT2D eigenvalue weighted by atomic mass is 9.66. The van der Waals surface area contributed by atoms with Gasteiger partial charge in [-0.15, -0.1) is 0 Å². The van der Waals surface area contributed by atoms with E-state index >= 15 is 0 Å². The van der Waals surface area contributed by atoms with Gasteiger partial charge < -0.3 is 9.47 Å². The number of esters is 2. The van der Waals surface area contributed by atoms with E-state index < -0.39 is 10.8 Å². The minimum Gasteiger partial charge on any atom is -0.463 e. The molecule has 0 aromatic heterocycles. The molecule has 6 heteroatoms. The highest BCUT2D eigenvalue weighted by atomic mass is 16.5. The van der Waals surface area contributed by atoms with E-state index in [1.165, 1.54) is 13.8 Å². The minimum absolute atomic E-state index is 0.0545. The van der Waals surface area contributed by atoms with Gasteiger partial charge in [-0.05, 0) is 76.4 Å². The van der Waals surface area contributed by atoms with Crippen molar-refractivity contribution in [2.75, 3.05) is 0 Å². The average Bonchev–Trinajstić information content (AvgIpc) is 3.37. The number of rotatable bonds is 14. The Bertz CT molecular complexity index is 1450. The van der Waals surface area contributed by atoms with Crippen molar-refractivity contribution in [1.82, 2.24) is 0 Å². The fourth-order valence-electron chi connectivity index (χ4n) is 6.82. The summed E-state index contributed by atoms with van der Waals surface area (Å²) in [6, 6.07) is 0. The molecule has 0 spiro atoms. The van der Waals surface area contributed by atoms with Crippen LogP contribution in [0.5, 0.6) is 0 Å². The highest BCUT2D eigenvalue weighted by molar-refractivity contribution is 5.96. The van der Waals surface area contributed by atoms with E-state index in [0.717, 1.165) is 22.3 Å². The first kappa shape index (κ1) is 42.1. The van der Waals surface area contributed by atoms with Crippen molar-refractivity contribution in [3.63, 3.8) is 0 Å². The first-order valence-electron chi connectivity index (χ1n) is 17.6. The predicted octanol–water partition coefficient (Wildman–Crippen LogP) is 10.2. The van der Waals surface area contributed by atoms with E-state index in [2.05, 4.69) is 27.7 Å². The number of carbonyl (C=O) groups is 4. The van der Waals surface area contributed by atoms with Gasteiger partial charge in [0.05, 0.1) is 0 Å². The van der Waals surface area contributed by atoms with E-state index in [0.29, 0.717) is 25.7 Å². The molecule has 0 amide bonds. The van der Waals surface area contributed by atoms with Crippen LogP contribution >= 0.6 is 0 Å². The largest absolute Gasteiger partial charge is 0.463 e. The standard InChI is InChI=1S/C44H60O6/c1-31(19-15-21-33(3)23-25-39(47)43(11)29-37(49-35(5)45)27-41(43,7)8)17-13-14-18-32(2)20-16-22-34(4)24-26-40(48)44(12)30-38(50-36(6)46)28-42(44,9)10/h13-26,37-38H,27-30H2,1-12H3/b14-13+,19-15+,20-16+,25-23+,26-24+,31-17+,32-18+,33-21+,34-22+/t37-,38-,43-,44-/m0/s1. The van der Waals surface area contributed by atoms with Crippen molar-refractivity contribution in [3.8, 4) is 0 Å². The second kappa shape index (κ2) is 17.7. The van der Waals surface area contributed by atoms with Crippen molar-refractivity contribution in [1.29, 1.82) is 0 Å². The summed E-state index contributed by atoms with van der Waals surface area (Å²) in [4.78, 5) is 49.3. The van der Waals surface area contributed by atoms with Gasteiger partial charge in [0.15, 0.2) is 11.6 Å². The summed E-state index contributed by atoms with van der Waals surface area (Å²) in [7, 11) is 0. The normalized spacial score (nSPS) is 27.8. The summed E-state index contributed by atoms with van der Waals surface area (Å²) in [5.41, 5.74) is 2.38. The molecular weight excluding hydrogens is 624 g/mol.